The lowest BCUT2D eigenvalue weighted by Crippen LogP contribution is -2.37. The Balaban J connectivity index is 1.41. The van der Waals surface area contributed by atoms with Crippen LogP contribution in [0.2, 0.25) is 0 Å². The van der Waals surface area contributed by atoms with E-state index < -0.39 is 0 Å². The van der Waals surface area contributed by atoms with E-state index in [4.69, 9.17) is 5.73 Å². The molecule has 2 aromatic carbocycles. The van der Waals surface area contributed by atoms with Gasteiger partial charge in [0.25, 0.3) is 11.5 Å². The van der Waals surface area contributed by atoms with Gasteiger partial charge in [-0.15, -0.1) is 0 Å². The molecule has 2 aromatic heterocycles. The van der Waals surface area contributed by atoms with Crippen molar-refractivity contribution in [3.8, 4) is 5.69 Å². The number of anilines is 3. The maximum atomic E-state index is 13.5. The van der Waals surface area contributed by atoms with E-state index in [1.807, 2.05) is 44.2 Å². The number of aromatic nitrogens is 3. The Bertz CT molecular complexity index is 1480. The Morgan fingerprint density at radius 3 is 2.57 bits per heavy atom. The Kier molecular flexibility index (Phi) is 5.78. The summed E-state index contributed by atoms with van der Waals surface area (Å²) in [5.41, 5.74) is 12.0. The number of carbonyl (C=O) groups excluding carboxylic acids is 1. The first-order valence-corrected chi connectivity index (χ1v) is 11.5. The molecule has 35 heavy (non-hydrogen) atoms. The van der Waals surface area contributed by atoms with Gasteiger partial charge >= 0.3 is 0 Å². The number of pyridine rings is 1. The van der Waals surface area contributed by atoms with Gasteiger partial charge in [0.05, 0.1) is 5.69 Å². The van der Waals surface area contributed by atoms with E-state index >= 15 is 0 Å². The van der Waals surface area contributed by atoms with E-state index in [1.54, 1.807) is 41.2 Å². The molecule has 0 bridgehead atoms. The predicted octanol–water partition coefficient (Wildman–Crippen LogP) is 3.64. The number of benzene rings is 2. The number of nitrogen functional groups attached to an aromatic ring is 1. The SMILES string of the molecule is Cc1ccccc1NC(=O)c1ccc(-n2ccc(C)c(N3CCc4nc(N)ncc4C3)c2=O)cc1. The van der Waals surface area contributed by atoms with Crippen LogP contribution < -0.4 is 21.5 Å². The number of nitrogens with one attached hydrogen (secondary N) is 1. The number of para-hydroxylation sites is 1. The molecule has 0 radical (unpaired) electrons. The van der Waals surface area contributed by atoms with Crippen molar-refractivity contribution in [1.29, 1.82) is 0 Å². The fraction of sp³-hybridized carbons (Fsp3) is 0.185. The third-order valence-electron chi connectivity index (χ3n) is 6.34. The third-order valence-corrected chi connectivity index (χ3v) is 6.34. The summed E-state index contributed by atoms with van der Waals surface area (Å²) in [5, 5.41) is 2.94. The van der Waals surface area contributed by atoms with E-state index in [9.17, 15) is 9.59 Å². The first-order chi connectivity index (χ1) is 16.9. The topological polar surface area (TPSA) is 106 Å². The summed E-state index contributed by atoms with van der Waals surface area (Å²) in [4.78, 5) is 36.8. The predicted molar refractivity (Wildman–Crippen MR) is 137 cm³/mol. The van der Waals surface area contributed by atoms with Crippen LogP contribution in [0.4, 0.5) is 17.3 Å². The van der Waals surface area contributed by atoms with Crippen molar-refractivity contribution in [3.63, 3.8) is 0 Å². The van der Waals surface area contributed by atoms with Gasteiger partial charge in [-0.05, 0) is 61.4 Å². The summed E-state index contributed by atoms with van der Waals surface area (Å²) in [6, 6.07) is 16.6. The van der Waals surface area contributed by atoms with E-state index in [0.717, 1.165) is 28.1 Å². The normalized spacial score (nSPS) is 12.8. The van der Waals surface area contributed by atoms with Crippen LogP contribution in [-0.4, -0.2) is 27.0 Å². The molecule has 0 aliphatic carbocycles. The van der Waals surface area contributed by atoms with E-state index in [2.05, 4.69) is 20.2 Å². The minimum Gasteiger partial charge on any atom is -0.368 e. The fourth-order valence-corrected chi connectivity index (χ4v) is 4.41. The van der Waals surface area contributed by atoms with Gasteiger partial charge in [-0.2, -0.15) is 0 Å². The van der Waals surface area contributed by atoms with Crippen molar-refractivity contribution >= 4 is 23.2 Å². The minimum absolute atomic E-state index is 0.109. The van der Waals surface area contributed by atoms with E-state index in [-0.39, 0.29) is 17.4 Å². The average Bonchev–Trinajstić information content (AvgIpc) is 2.86. The molecule has 8 nitrogen and oxygen atoms in total. The van der Waals surface area contributed by atoms with Crippen molar-refractivity contribution in [2.45, 2.75) is 26.8 Å². The zero-order valence-electron chi connectivity index (χ0n) is 19.7. The molecule has 4 aromatic rings. The number of nitrogens with two attached hydrogens (primary N) is 1. The minimum atomic E-state index is -0.197. The van der Waals surface area contributed by atoms with Crippen molar-refractivity contribution in [2.24, 2.45) is 0 Å². The summed E-state index contributed by atoms with van der Waals surface area (Å²) in [6.07, 6.45) is 4.20. The monoisotopic (exact) mass is 466 g/mol. The smallest absolute Gasteiger partial charge is 0.278 e. The Hall–Kier alpha value is -4.46. The Labute approximate surface area is 203 Å². The summed E-state index contributed by atoms with van der Waals surface area (Å²) >= 11 is 0. The highest BCUT2D eigenvalue weighted by Crippen LogP contribution is 2.24. The molecule has 5 rings (SSSR count). The summed E-state index contributed by atoms with van der Waals surface area (Å²) in [6.45, 7) is 5.11. The maximum Gasteiger partial charge on any atom is 0.278 e. The highest BCUT2D eigenvalue weighted by atomic mass is 16.1. The molecule has 1 amide bonds. The molecule has 0 saturated heterocycles. The van der Waals surface area contributed by atoms with Crippen molar-refractivity contribution in [1.82, 2.24) is 14.5 Å². The van der Waals surface area contributed by atoms with Crippen LogP contribution in [0.25, 0.3) is 5.69 Å². The molecule has 0 unspecified atom stereocenters. The molecule has 3 heterocycles. The van der Waals surface area contributed by atoms with Gasteiger partial charge in [-0.1, -0.05) is 18.2 Å². The molecule has 0 fully saturated rings. The van der Waals surface area contributed by atoms with Crippen LogP contribution in [0.3, 0.4) is 0 Å². The number of amides is 1. The van der Waals surface area contributed by atoms with Crippen LogP contribution in [0.1, 0.15) is 32.7 Å². The number of aryl methyl sites for hydroxylation is 2. The largest absolute Gasteiger partial charge is 0.368 e. The molecule has 0 spiro atoms. The van der Waals surface area contributed by atoms with E-state index in [1.165, 1.54) is 0 Å². The Morgan fingerprint density at radius 1 is 1.03 bits per heavy atom. The number of carbonyl (C=O) groups is 1. The quantitative estimate of drug-likeness (QED) is 0.476. The van der Waals surface area contributed by atoms with Crippen LogP contribution >= 0.6 is 0 Å². The number of hydrogen-bond acceptors (Lipinski definition) is 6. The van der Waals surface area contributed by atoms with Gasteiger partial charge in [0, 0.05) is 54.4 Å². The van der Waals surface area contributed by atoms with Crippen LogP contribution in [-0.2, 0) is 13.0 Å². The fourth-order valence-electron chi connectivity index (χ4n) is 4.41. The van der Waals surface area contributed by atoms with Gasteiger partial charge in [0.15, 0.2) is 0 Å². The molecule has 176 valence electrons. The van der Waals surface area contributed by atoms with Crippen LogP contribution in [0.5, 0.6) is 0 Å². The third kappa shape index (κ3) is 4.38. The lowest BCUT2D eigenvalue weighted by atomic mass is 10.1. The molecular formula is C27H26N6O2. The highest BCUT2D eigenvalue weighted by molar-refractivity contribution is 6.04. The molecule has 3 N–H and O–H groups in total. The molecule has 0 atom stereocenters. The van der Waals surface area contributed by atoms with Gasteiger partial charge in [-0.25, -0.2) is 9.97 Å². The Morgan fingerprint density at radius 2 is 1.80 bits per heavy atom. The summed E-state index contributed by atoms with van der Waals surface area (Å²) in [5.74, 6) is 0.0732. The number of fused-ring (bicyclic) bond motifs is 1. The maximum absolute atomic E-state index is 13.5. The average molecular weight is 467 g/mol. The van der Waals surface area contributed by atoms with Gasteiger partial charge in [-0.3, -0.25) is 14.2 Å². The molecule has 1 aliphatic heterocycles. The highest BCUT2D eigenvalue weighted by Gasteiger charge is 2.23. The number of hydrogen-bond donors (Lipinski definition) is 2. The van der Waals surface area contributed by atoms with Crippen LogP contribution in [0.15, 0.2) is 71.8 Å². The van der Waals surface area contributed by atoms with Crippen molar-refractivity contribution in [3.05, 3.63) is 105 Å². The number of nitrogens with zero attached hydrogens (tertiary/aromatic N) is 4. The zero-order chi connectivity index (χ0) is 24.5. The second-order valence-electron chi connectivity index (χ2n) is 8.71. The number of rotatable bonds is 4. The lowest BCUT2D eigenvalue weighted by molar-refractivity contribution is 0.102. The van der Waals surface area contributed by atoms with Gasteiger partial charge in [0.2, 0.25) is 5.95 Å². The van der Waals surface area contributed by atoms with Gasteiger partial charge < -0.3 is 16.0 Å². The van der Waals surface area contributed by atoms with E-state index in [0.29, 0.717) is 36.4 Å². The summed E-state index contributed by atoms with van der Waals surface area (Å²) in [7, 11) is 0. The van der Waals surface area contributed by atoms with Crippen LogP contribution in [0, 0.1) is 13.8 Å². The molecule has 8 heteroatoms. The zero-order valence-corrected chi connectivity index (χ0v) is 19.7. The standard InChI is InChI=1S/C27H26N6O2/c1-17-5-3-4-6-22(17)30-25(34)19-7-9-21(10-8-19)33-14-11-18(2)24(26(33)35)32-13-12-23-20(16-32)15-29-27(28)31-23/h3-11,14-15H,12-13,16H2,1-2H3,(H,30,34)(H2,28,29,31). The lowest BCUT2D eigenvalue weighted by Gasteiger charge is -2.30. The first kappa shape index (κ1) is 22.3. The molecule has 0 saturated carbocycles. The molecular weight excluding hydrogens is 440 g/mol. The second kappa shape index (κ2) is 9.06. The van der Waals surface area contributed by atoms with Crippen molar-refractivity contribution in [2.75, 3.05) is 22.5 Å². The summed E-state index contributed by atoms with van der Waals surface area (Å²) < 4.78 is 1.61. The second-order valence-corrected chi connectivity index (χ2v) is 8.71. The molecule has 1 aliphatic rings. The first-order valence-electron chi connectivity index (χ1n) is 11.5. The van der Waals surface area contributed by atoms with Crippen molar-refractivity contribution < 1.29 is 4.79 Å². The van der Waals surface area contributed by atoms with Gasteiger partial charge in [0.1, 0.15) is 5.69 Å².